The summed E-state index contributed by atoms with van der Waals surface area (Å²) in [6, 6.07) is 9.99. The summed E-state index contributed by atoms with van der Waals surface area (Å²) in [6.07, 6.45) is 1.96. The summed E-state index contributed by atoms with van der Waals surface area (Å²) in [5.74, 6) is -1.50. The van der Waals surface area contributed by atoms with E-state index in [1.165, 1.54) is 11.3 Å². The minimum absolute atomic E-state index is 0.0927. The molecule has 0 spiro atoms. The fourth-order valence-electron chi connectivity index (χ4n) is 3.17. The molecule has 0 fully saturated rings. The highest BCUT2D eigenvalue weighted by molar-refractivity contribution is 7.24. The van der Waals surface area contributed by atoms with E-state index >= 15 is 0 Å². The molecule has 1 amide bonds. The van der Waals surface area contributed by atoms with E-state index in [2.05, 4.69) is 18.5 Å². The highest BCUT2D eigenvalue weighted by atomic mass is 32.1. The lowest BCUT2D eigenvalue weighted by Gasteiger charge is -2.18. The number of carbonyl (C=O) groups excluding carboxylic acids is 3. The third-order valence-electron chi connectivity index (χ3n) is 4.81. The predicted octanol–water partition coefficient (Wildman–Crippen LogP) is 3.05. The van der Waals surface area contributed by atoms with Gasteiger partial charge in [-0.05, 0) is 30.7 Å². The lowest BCUT2D eigenvalue weighted by atomic mass is 10.1. The molecule has 3 rings (SSSR count). The van der Waals surface area contributed by atoms with Crippen LogP contribution in [0.2, 0.25) is 0 Å². The van der Waals surface area contributed by atoms with Crippen LogP contribution in [0.1, 0.15) is 5.56 Å². The van der Waals surface area contributed by atoms with Gasteiger partial charge in [0.05, 0.1) is 10.7 Å². The standard InChI is InChI=1S/C25H23NO7S/c1-4-21(28)32-12-16(13-33-22(29)5-2)26-20(27)14-31-18-11-10-15(3)23-24(30)17-8-6-7-9-19(17)34-25(18)23/h4-11,16H,1-2,12-14H2,3H3,(H,26,27). The molecule has 0 saturated carbocycles. The molecule has 0 radical (unpaired) electrons. The summed E-state index contributed by atoms with van der Waals surface area (Å²) in [5.41, 5.74) is 0.719. The van der Waals surface area contributed by atoms with E-state index in [9.17, 15) is 19.2 Å². The first-order chi connectivity index (χ1) is 16.3. The molecule has 0 aliphatic rings. The van der Waals surface area contributed by atoms with Crippen LogP contribution in [0.3, 0.4) is 0 Å². The lowest BCUT2D eigenvalue weighted by Crippen LogP contribution is -2.44. The molecule has 1 aromatic heterocycles. The van der Waals surface area contributed by atoms with E-state index in [1.54, 1.807) is 18.2 Å². The zero-order valence-corrected chi connectivity index (χ0v) is 19.3. The molecule has 0 atom stereocenters. The summed E-state index contributed by atoms with van der Waals surface area (Å²) in [7, 11) is 0. The van der Waals surface area contributed by atoms with Gasteiger partial charge in [-0.15, -0.1) is 11.3 Å². The van der Waals surface area contributed by atoms with Crippen LogP contribution in [0.15, 0.2) is 66.5 Å². The Morgan fingerprint density at radius 3 is 2.32 bits per heavy atom. The molecule has 0 saturated heterocycles. The molecule has 1 heterocycles. The molecule has 8 nitrogen and oxygen atoms in total. The maximum Gasteiger partial charge on any atom is 0.330 e. The lowest BCUT2D eigenvalue weighted by molar-refractivity contribution is -0.143. The Morgan fingerprint density at radius 2 is 1.68 bits per heavy atom. The molecule has 0 unspecified atom stereocenters. The summed E-state index contributed by atoms with van der Waals surface area (Å²) in [5, 5.41) is 3.78. The van der Waals surface area contributed by atoms with E-state index in [-0.39, 0.29) is 25.2 Å². The number of hydrogen-bond acceptors (Lipinski definition) is 8. The van der Waals surface area contributed by atoms with Gasteiger partial charge >= 0.3 is 11.9 Å². The molecule has 34 heavy (non-hydrogen) atoms. The van der Waals surface area contributed by atoms with Crippen LogP contribution in [0, 0.1) is 6.92 Å². The van der Waals surface area contributed by atoms with E-state index in [1.807, 2.05) is 25.1 Å². The van der Waals surface area contributed by atoms with Gasteiger partial charge in [0.25, 0.3) is 5.91 Å². The molecular formula is C25H23NO7S. The molecular weight excluding hydrogens is 458 g/mol. The van der Waals surface area contributed by atoms with Crippen LogP contribution in [0.5, 0.6) is 5.75 Å². The normalized spacial score (nSPS) is 10.6. The molecule has 3 aromatic rings. The molecule has 0 aliphatic carbocycles. The molecule has 0 bridgehead atoms. The van der Waals surface area contributed by atoms with Crippen molar-refractivity contribution in [2.45, 2.75) is 13.0 Å². The predicted molar refractivity (Wildman–Crippen MR) is 130 cm³/mol. The smallest absolute Gasteiger partial charge is 0.330 e. The van der Waals surface area contributed by atoms with Crippen molar-refractivity contribution in [3.63, 3.8) is 0 Å². The topological polar surface area (TPSA) is 108 Å². The summed E-state index contributed by atoms with van der Waals surface area (Å²) < 4.78 is 17.1. The van der Waals surface area contributed by atoms with Crippen molar-refractivity contribution >= 4 is 49.4 Å². The maximum absolute atomic E-state index is 13.0. The van der Waals surface area contributed by atoms with Gasteiger partial charge in [0, 0.05) is 27.6 Å². The van der Waals surface area contributed by atoms with Gasteiger partial charge in [0.2, 0.25) is 0 Å². The fraction of sp³-hybridized carbons (Fsp3) is 0.200. The molecule has 9 heteroatoms. The summed E-state index contributed by atoms with van der Waals surface area (Å²) in [6.45, 7) is 7.62. The maximum atomic E-state index is 13.0. The Labute approximate surface area is 199 Å². The minimum atomic E-state index is -0.807. The van der Waals surface area contributed by atoms with E-state index in [0.29, 0.717) is 21.2 Å². The molecule has 1 N–H and O–H groups in total. The first kappa shape index (κ1) is 24.7. The Hall–Kier alpha value is -3.98. The zero-order valence-electron chi connectivity index (χ0n) is 18.5. The monoisotopic (exact) mass is 481 g/mol. The third kappa shape index (κ3) is 5.87. The Bertz CT molecular complexity index is 1300. The van der Waals surface area contributed by atoms with Crippen molar-refractivity contribution < 1.29 is 28.6 Å². The largest absolute Gasteiger partial charge is 0.482 e. The number of amides is 1. The number of rotatable bonds is 10. The number of esters is 2. The minimum Gasteiger partial charge on any atom is -0.482 e. The number of aryl methyl sites for hydroxylation is 1. The zero-order chi connectivity index (χ0) is 24.7. The van der Waals surface area contributed by atoms with Gasteiger partial charge in [-0.1, -0.05) is 31.4 Å². The number of benzene rings is 2. The third-order valence-corrected chi connectivity index (χ3v) is 6.00. The van der Waals surface area contributed by atoms with Crippen molar-refractivity contribution in [1.82, 2.24) is 5.32 Å². The van der Waals surface area contributed by atoms with Crippen molar-refractivity contribution in [1.29, 1.82) is 0 Å². The Morgan fingerprint density at radius 1 is 1.03 bits per heavy atom. The van der Waals surface area contributed by atoms with Crippen molar-refractivity contribution in [2.24, 2.45) is 0 Å². The van der Waals surface area contributed by atoms with Crippen molar-refractivity contribution in [2.75, 3.05) is 19.8 Å². The van der Waals surface area contributed by atoms with Crippen LogP contribution in [-0.2, 0) is 23.9 Å². The second-order valence-electron chi connectivity index (χ2n) is 7.23. The quantitative estimate of drug-likeness (QED) is 0.269. The highest BCUT2D eigenvalue weighted by Gasteiger charge is 2.18. The van der Waals surface area contributed by atoms with Gasteiger partial charge in [-0.25, -0.2) is 9.59 Å². The second-order valence-corrected chi connectivity index (χ2v) is 8.29. The van der Waals surface area contributed by atoms with Gasteiger partial charge in [-0.2, -0.15) is 0 Å². The Balaban J connectivity index is 1.76. The van der Waals surface area contributed by atoms with E-state index in [0.717, 1.165) is 22.4 Å². The average Bonchev–Trinajstić information content (AvgIpc) is 2.84. The van der Waals surface area contributed by atoms with Gasteiger partial charge < -0.3 is 19.5 Å². The van der Waals surface area contributed by atoms with E-state index in [4.69, 9.17) is 14.2 Å². The van der Waals surface area contributed by atoms with Gasteiger partial charge in [-0.3, -0.25) is 9.59 Å². The van der Waals surface area contributed by atoms with Crippen molar-refractivity contribution in [3.8, 4) is 5.75 Å². The first-order valence-electron chi connectivity index (χ1n) is 10.3. The summed E-state index contributed by atoms with van der Waals surface area (Å²) in [4.78, 5) is 48.3. The van der Waals surface area contributed by atoms with Crippen LogP contribution in [-0.4, -0.2) is 43.7 Å². The Kier molecular flexibility index (Phi) is 8.15. The molecule has 2 aromatic carbocycles. The number of nitrogens with one attached hydrogen (secondary N) is 1. The summed E-state index contributed by atoms with van der Waals surface area (Å²) >= 11 is 1.41. The number of fused-ring (bicyclic) bond motifs is 2. The van der Waals surface area contributed by atoms with E-state index < -0.39 is 23.9 Å². The van der Waals surface area contributed by atoms with Gasteiger partial charge in [0.15, 0.2) is 12.0 Å². The molecule has 176 valence electrons. The number of hydrogen-bond donors (Lipinski definition) is 1. The highest BCUT2D eigenvalue weighted by Crippen LogP contribution is 2.33. The first-order valence-corrected chi connectivity index (χ1v) is 11.1. The van der Waals surface area contributed by atoms with Crippen LogP contribution < -0.4 is 15.5 Å². The number of ether oxygens (including phenoxy) is 3. The molecule has 0 aliphatic heterocycles. The van der Waals surface area contributed by atoms with Crippen molar-refractivity contribution in [3.05, 3.63) is 77.5 Å². The SMILES string of the molecule is C=CC(=O)OCC(COC(=O)C=C)NC(=O)COc1ccc(C)c2c(=O)c3ccccc3sc12. The second kappa shape index (κ2) is 11.2. The van der Waals surface area contributed by atoms with Crippen LogP contribution >= 0.6 is 11.3 Å². The number of carbonyl (C=O) groups is 3. The van der Waals surface area contributed by atoms with Gasteiger partial charge in [0.1, 0.15) is 19.0 Å². The fourth-order valence-corrected chi connectivity index (χ4v) is 4.39. The van der Waals surface area contributed by atoms with Crippen LogP contribution in [0.25, 0.3) is 20.2 Å². The average molecular weight is 482 g/mol. The van der Waals surface area contributed by atoms with Crippen LogP contribution in [0.4, 0.5) is 0 Å².